The topological polar surface area (TPSA) is 42.4 Å². The Hall–Kier alpha value is -0.800. The van der Waals surface area contributed by atoms with Gasteiger partial charge in [0.2, 0.25) is 0 Å². The van der Waals surface area contributed by atoms with Crippen LogP contribution in [0.4, 0.5) is 0 Å². The van der Waals surface area contributed by atoms with E-state index in [1.165, 1.54) is 6.42 Å². The summed E-state index contributed by atoms with van der Waals surface area (Å²) < 4.78 is 5.58. The van der Waals surface area contributed by atoms with Crippen LogP contribution in [0.3, 0.4) is 0 Å². The maximum absolute atomic E-state index is 5.82. The number of rotatable bonds is 7. The van der Waals surface area contributed by atoms with E-state index >= 15 is 0 Å². The molecule has 0 saturated heterocycles. The molecular weight excluding hydrogens is 212 g/mol. The van der Waals surface area contributed by atoms with E-state index in [0.29, 0.717) is 11.8 Å². The molecule has 1 atom stereocenters. The summed E-state index contributed by atoms with van der Waals surface area (Å²) in [5.41, 5.74) is 5.82. The second-order valence-corrected chi connectivity index (χ2v) is 5.44. The largest absolute Gasteiger partial charge is 0.465 e. The van der Waals surface area contributed by atoms with E-state index in [2.05, 4.69) is 25.8 Å². The van der Waals surface area contributed by atoms with Crippen LogP contribution in [0.25, 0.3) is 0 Å². The molecule has 0 spiro atoms. The standard InChI is InChI=1S/C14H26N2O/c1-11(2)7-13(8-15)9-16(4)10-14-6-5-12(3)17-14/h5-6,11,13H,7-10,15H2,1-4H3. The van der Waals surface area contributed by atoms with E-state index in [1.807, 2.05) is 19.1 Å². The van der Waals surface area contributed by atoms with Crippen LogP contribution in [-0.4, -0.2) is 25.0 Å². The first-order chi connectivity index (χ1) is 8.01. The fraction of sp³-hybridized carbons (Fsp3) is 0.714. The monoisotopic (exact) mass is 238 g/mol. The second kappa shape index (κ2) is 6.82. The van der Waals surface area contributed by atoms with Crippen molar-refractivity contribution in [3.8, 4) is 0 Å². The molecule has 2 N–H and O–H groups in total. The Morgan fingerprint density at radius 1 is 1.35 bits per heavy atom. The Balaban J connectivity index is 2.39. The van der Waals surface area contributed by atoms with Crippen molar-refractivity contribution in [3.05, 3.63) is 23.7 Å². The molecule has 3 heteroatoms. The van der Waals surface area contributed by atoms with Gasteiger partial charge in [0.25, 0.3) is 0 Å². The lowest BCUT2D eigenvalue weighted by Crippen LogP contribution is -2.30. The van der Waals surface area contributed by atoms with Crippen molar-refractivity contribution in [3.63, 3.8) is 0 Å². The molecule has 0 bridgehead atoms. The van der Waals surface area contributed by atoms with E-state index in [4.69, 9.17) is 10.2 Å². The van der Waals surface area contributed by atoms with Gasteiger partial charge in [-0.25, -0.2) is 0 Å². The highest BCUT2D eigenvalue weighted by molar-refractivity contribution is 5.05. The minimum absolute atomic E-state index is 0.580. The third-order valence-electron chi connectivity index (χ3n) is 2.93. The van der Waals surface area contributed by atoms with Crippen LogP contribution in [0.2, 0.25) is 0 Å². The molecule has 1 aromatic rings. The van der Waals surface area contributed by atoms with Crippen LogP contribution in [-0.2, 0) is 6.54 Å². The Morgan fingerprint density at radius 3 is 2.53 bits per heavy atom. The summed E-state index contributed by atoms with van der Waals surface area (Å²) in [4.78, 5) is 2.29. The van der Waals surface area contributed by atoms with Gasteiger partial charge in [0.15, 0.2) is 0 Å². The van der Waals surface area contributed by atoms with Crippen molar-refractivity contribution in [1.29, 1.82) is 0 Å². The molecule has 0 saturated carbocycles. The lowest BCUT2D eigenvalue weighted by Gasteiger charge is -2.23. The van der Waals surface area contributed by atoms with Gasteiger partial charge in [0.05, 0.1) is 6.54 Å². The van der Waals surface area contributed by atoms with Crippen molar-refractivity contribution in [2.75, 3.05) is 20.1 Å². The lowest BCUT2D eigenvalue weighted by molar-refractivity contribution is 0.233. The first kappa shape index (κ1) is 14.3. The number of hydrogen-bond acceptors (Lipinski definition) is 3. The van der Waals surface area contributed by atoms with Gasteiger partial charge in [-0.05, 0) is 50.9 Å². The van der Waals surface area contributed by atoms with Crippen LogP contribution < -0.4 is 5.73 Å². The van der Waals surface area contributed by atoms with E-state index in [0.717, 1.165) is 31.2 Å². The third-order valence-corrected chi connectivity index (χ3v) is 2.93. The van der Waals surface area contributed by atoms with E-state index < -0.39 is 0 Å². The van der Waals surface area contributed by atoms with Crippen LogP contribution in [0.5, 0.6) is 0 Å². The average Bonchev–Trinajstić information content (AvgIpc) is 2.62. The van der Waals surface area contributed by atoms with Gasteiger partial charge in [-0.3, -0.25) is 4.90 Å². The van der Waals surface area contributed by atoms with E-state index in [-0.39, 0.29) is 0 Å². The van der Waals surface area contributed by atoms with Gasteiger partial charge in [0.1, 0.15) is 11.5 Å². The highest BCUT2D eigenvalue weighted by Gasteiger charge is 2.13. The number of hydrogen-bond donors (Lipinski definition) is 1. The smallest absolute Gasteiger partial charge is 0.118 e. The number of nitrogens with zero attached hydrogens (tertiary/aromatic N) is 1. The fourth-order valence-corrected chi connectivity index (χ4v) is 2.25. The number of aryl methyl sites for hydroxylation is 1. The quantitative estimate of drug-likeness (QED) is 0.794. The van der Waals surface area contributed by atoms with Gasteiger partial charge in [-0.2, -0.15) is 0 Å². The predicted molar refractivity (Wildman–Crippen MR) is 71.8 cm³/mol. The van der Waals surface area contributed by atoms with Crippen LogP contribution >= 0.6 is 0 Å². The Morgan fingerprint density at radius 2 is 2.06 bits per heavy atom. The highest BCUT2D eigenvalue weighted by Crippen LogP contribution is 2.14. The summed E-state index contributed by atoms with van der Waals surface area (Å²) in [5.74, 6) is 3.30. The molecule has 17 heavy (non-hydrogen) atoms. The zero-order valence-electron chi connectivity index (χ0n) is 11.6. The summed E-state index contributed by atoms with van der Waals surface area (Å²) in [6.45, 7) is 9.14. The SMILES string of the molecule is Cc1ccc(CN(C)CC(CN)CC(C)C)o1. The summed E-state index contributed by atoms with van der Waals surface area (Å²) in [6.07, 6.45) is 1.19. The van der Waals surface area contributed by atoms with Crippen LogP contribution in [0.1, 0.15) is 31.8 Å². The minimum Gasteiger partial charge on any atom is -0.465 e. The molecule has 0 radical (unpaired) electrons. The minimum atomic E-state index is 0.580. The van der Waals surface area contributed by atoms with Crippen molar-refractivity contribution in [1.82, 2.24) is 4.90 Å². The number of furan rings is 1. The van der Waals surface area contributed by atoms with E-state index in [1.54, 1.807) is 0 Å². The third kappa shape index (κ3) is 5.37. The molecule has 0 amide bonds. The molecule has 1 unspecified atom stereocenters. The summed E-state index contributed by atoms with van der Waals surface area (Å²) in [7, 11) is 2.13. The molecule has 1 aromatic heterocycles. The van der Waals surface area contributed by atoms with Gasteiger partial charge in [-0.15, -0.1) is 0 Å². The van der Waals surface area contributed by atoms with Gasteiger partial charge in [0, 0.05) is 6.54 Å². The maximum atomic E-state index is 5.82. The number of nitrogens with two attached hydrogens (primary N) is 1. The van der Waals surface area contributed by atoms with Crippen molar-refractivity contribution in [2.24, 2.45) is 17.6 Å². The van der Waals surface area contributed by atoms with Gasteiger partial charge >= 0.3 is 0 Å². The highest BCUT2D eigenvalue weighted by atomic mass is 16.3. The molecular formula is C14H26N2O. The van der Waals surface area contributed by atoms with Gasteiger partial charge in [-0.1, -0.05) is 13.8 Å². The predicted octanol–water partition coefficient (Wildman–Crippen LogP) is 2.64. The molecule has 3 nitrogen and oxygen atoms in total. The molecule has 0 fully saturated rings. The lowest BCUT2D eigenvalue weighted by atomic mass is 9.97. The maximum Gasteiger partial charge on any atom is 0.118 e. The molecule has 0 aromatic carbocycles. The fourth-order valence-electron chi connectivity index (χ4n) is 2.25. The average molecular weight is 238 g/mol. The zero-order valence-corrected chi connectivity index (χ0v) is 11.6. The Kier molecular flexibility index (Phi) is 5.72. The normalized spacial score (nSPS) is 13.6. The van der Waals surface area contributed by atoms with Crippen LogP contribution in [0.15, 0.2) is 16.5 Å². The molecule has 0 aliphatic rings. The molecule has 0 aliphatic carbocycles. The summed E-state index contributed by atoms with van der Waals surface area (Å²) in [6, 6.07) is 4.06. The van der Waals surface area contributed by atoms with Crippen molar-refractivity contribution < 1.29 is 4.42 Å². The zero-order chi connectivity index (χ0) is 12.8. The Labute approximate surface area is 105 Å². The van der Waals surface area contributed by atoms with E-state index in [9.17, 15) is 0 Å². The summed E-state index contributed by atoms with van der Waals surface area (Å²) >= 11 is 0. The first-order valence-electron chi connectivity index (χ1n) is 6.45. The summed E-state index contributed by atoms with van der Waals surface area (Å²) in [5, 5.41) is 0. The van der Waals surface area contributed by atoms with Crippen LogP contribution in [0, 0.1) is 18.8 Å². The second-order valence-electron chi connectivity index (χ2n) is 5.44. The van der Waals surface area contributed by atoms with Gasteiger partial charge < -0.3 is 10.2 Å². The van der Waals surface area contributed by atoms with Crippen molar-refractivity contribution in [2.45, 2.75) is 33.7 Å². The molecule has 1 rings (SSSR count). The molecule has 1 heterocycles. The first-order valence-corrected chi connectivity index (χ1v) is 6.45. The molecule has 0 aliphatic heterocycles. The Bertz CT molecular complexity index is 320. The van der Waals surface area contributed by atoms with Crippen molar-refractivity contribution >= 4 is 0 Å². The molecule has 98 valence electrons.